The van der Waals surface area contributed by atoms with Gasteiger partial charge in [0.15, 0.2) is 16.6 Å². The quantitative estimate of drug-likeness (QED) is 0.352. The number of alkyl halides is 3. The van der Waals surface area contributed by atoms with Crippen molar-refractivity contribution in [1.82, 2.24) is 14.9 Å². The first kappa shape index (κ1) is 22.4. The Morgan fingerprint density at radius 1 is 0.917 bits per heavy atom. The van der Waals surface area contributed by atoms with Crippen molar-refractivity contribution in [2.75, 3.05) is 11.7 Å². The molecule has 2 aromatic carbocycles. The maximum Gasteiger partial charge on any atom is 0.416 e. The minimum Gasteiger partial charge on any atom is -0.454 e. The van der Waals surface area contributed by atoms with Crippen molar-refractivity contribution in [3.05, 3.63) is 102 Å². The molecular formula is C26H19F3N4O2S. The predicted octanol–water partition coefficient (Wildman–Crippen LogP) is 5.80. The van der Waals surface area contributed by atoms with E-state index in [0.29, 0.717) is 22.3 Å². The zero-order valence-corrected chi connectivity index (χ0v) is 19.5. The number of nitrogens with one attached hydrogen (secondary N) is 1. The Morgan fingerprint density at radius 2 is 1.78 bits per heavy atom. The number of aromatic nitrogens is 2. The van der Waals surface area contributed by atoms with Crippen molar-refractivity contribution in [2.24, 2.45) is 0 Å². The van der Waals surface area contributed by atoms with E-state index in [4.69, 9.17) is 21.7 Å². The Morgan fingerprint density at radius 3 is 2.58 bits per heavy atom. The summed E-state index contributed by atoms with van der Waals surface area (Å²) >= 11 is 5.77. The fourth-order valence-electron chi connectivity index (χ4n) is 4.67. The molecule has 1 N–H and O–H groups in total. The van der Waals surface area contributed by atoms with Gasteiger partial charge in [0.05, 0.1) is 17.3 Å². The van der Waals surface area contributed by atoms with Crippen molar-refractivity contribution in [3.63, 3.8) is 0 Å². The minimum absolute atomic E-state index is 0.139. The number of hydrogen-bond acceptors (Lipinski definition) is 4. The van der Waals surface area contributed by atoms with Crippen LogP contribution < -0.4 is 19.7 Å². The molecule has 2 aliphatic heterocycles. The van der Waals surface area contributed by atoms with E-state index in [-0.39, 0.29) is 12.8 Å². The lowest BCUT2D eigenvalue weighted by Gasteiger charge is -2.29. The zero-order valence-electron chi connectivity index (χ0n) is 18.6. The van der Waals surface area contributed by atoms with Gasteiger partial charge in [0.25, 0.3) is 0 Å². The molecule has 0 radical (unpaired) electrons. The van der Waals surface area contributed by atoms with Crippen molar-refractivity contribution in [1.29, 1.82) is 0 Å². The molecule has 0 amide bonds. The van der Waals surface area contributed by atoms with Gasteiger partial charge in [0.2, 0.25) is 6.79 Å². The van der Waals surface area contributed by atoms with Crippen LogP contribution in [0.3, 0.4) is 0 Å². The first-order valence-electron chi connectivity index (χ1n) is 11.2. The molecule has 6 rings (SSSR count). The van der Waals surface area contributed by atoms with Crippen LogP contribution in [0.15, 0.2) is 85.2 Å². The van der Waals surface area contributed by atoms with Gasteiger partial charge in [-0.05, 0) is 66.8 Å². The maximum atomic E-state index is 13.5. The fraction of sp³-hybridized carbons (Fsp3) is 0.154. The van der Waals surface area contributed by atoms with Gasteiger partial charge in [0.1, 0.15) is 6.04 Å². The summed E-state index contributed by atoms with van der Waals surface area (Å²) in [6.07, 6.45) is -0.999. The summed E-state index contributed by atoms with van der Waals surface area (Å²) in [6, 6.07) is 19.3. The lowest BCUT2D eigenvalue weighted by Crippen LogP contribution is -2.30. The first-order chi connectivity index (χ1) is 17.4. The normalized spacial score (nSPS) is 19.0. The number of anilines is 1. The lowest BCUT2D eigenvalue weighted by atomic mass is 10.0. The van der Waals surface area contributed by atoms with Crippen LogP contribution in [0.4, 0.5) is 18.9 Å². The highest BCUT2D eigenvalue weighted by atomic mass is 32.1. The monoisotopic (exact) mass is 508 g/mol. The topological polar surface area (TPSA) is 51.6 Å². The highest BCUT2D eigenvalue weighted by molar-refractivity contribution is 7.80. The average molecular weight is 509 g/mol. The smallest absolute Gasteiger partial charge is 0.416 e. The summed E-state index contributed by atoms with van der Waals surface area (Å²) in [5.74, 6) is 1.24. The van der Waals surface area contributed by atoms with Crippen LogP contribution >= 0.6 is 12.2 Å². The van der Waals surface area contributed by atoms with Gasteiger partial charge in [-0.1, -0.05) is 12.1 Å². The molecule has 36 heavy (non-hydrogen) atoms. The molecule has 4 aromatic rings. The van der Waals surface area contributed by atoms with E-state index in [1.54, 1.807) is 23.0 Å². The molecular weight excluding hydrogens is 489 g/mol. The molecule has 1 fully saturated rings. The average Bonchev–Trinajstić information content (AvgIpc) is 3.61. The molecule has 0 aliphatic carbocycles. The van der Waals surface area contributed by atoms with Crippen LogP contribution in [0, 0.1) is 0 Å². The highest BCUT2D eigenvalue weighted by Gasteiger charge is 2.42. The molecule has 182 valence electrons. The summed E-state index contributed by atoms with van der Waals surface area (Å²) in [7, 11) is 0. The molecule has 2 atom stereocenters. The largest absolute Gasteiger partial charge is 0.454 e. The number of pyridine rings is 1. The van der Waals surface area contributed by atoms with Crippen LogP contribution in [-0.4, -0.2) is 21.5 Å². The van der Waals surface area contributed by atoms with Gasteiger partial charge in [-0.3, -0.25) is 4.98 Å². The Kier molecular flexibility index (Phi) is 5.33. The van der Waals surface area contributed by atoms with E-state index < -0.39 is 17.8 Å². The van der Waals surface area contributed by atoms with Crippen LogP contribution in [0.1, 0.15) is 29.0 Å². The molecule has 6 nitrogen and oxygen atoms in total. The summed E-state index contributed by atoms with van der Waals surface area (Å²) in [4.78, 5) is 6.48. The van der Waals surface area contributed by atoms with Gasteiger partial charge < -0.3 is 24.3 Å². The second-order valence-electron chi connectivity index (χ2n) is 8.39. The van der Waals surface area contributed by atoms with Crippen LogP contribution in [-0.2, 0) is 6.18 Å². The van der Waals surface area contributed by atoms with E-state index in [1.165, 1.54) is 6.07 Å². The Balaban J connectivity index is 1.49. The lowest BCUT2D eigenvalue weighted by molar-refractivity contribution is -0.137. The van der Waals surface area contributed by atoms with Crippen molar-refractivity contribution in [2.45, 2.75) is 18.3 Å². The van der Waals surface area contributed by atoms with E-state index in [1.807, 2.05) is 53.4 Å². The molecule has 0 bridgehead atoms. The number of benzene rings is 2. The molecule has 2 aromatic heterocycles. The van der Waals surface area contributed by atoms with Gasteiger partial charge in [-0.15, -0.1) is 0 Å². The van der Waals surface area contributed by atoms with Crippen LogP contribution in [0.2, 0.25) is 0 Å². The third kappa shape index (κ3) is 3.83. The number of halogens is 3. The molecule has 1 saturated heterocycles. The molecule has 2 aliphatic rings. The molecule has 0 spiro atoms. The van der Waals surface area contributed by atoms with Gasteiger partial charge in [0, 0.05) is 35.5 Å². The number of hydrogen-bond donors (Lipinski definition) is 1. The van der Waals surface area contributed by atoms with Crippen LogP contribution in [0.5, 0.6) is 11.5 Å². The van der Waals surface area contributed by atoms with Gasteiger partial charge in [-0.2, -0.15) is 13.2 Å². The fourth-order valence-corrected chi connectivity index (χ4v) is 5.02. The highest BCUT2D eigenvalue weighted by Crippen LogP contribution is 2.45. The molecule has 0 saturated carbocycles. The second-order valence-corrected chi connectivity index (χ2v) is 8.77. The Bertz CT molecular complexity index is 1440. The zero-order chi connectivity index (χ0) is 24.9. The SMILES string of the molecule is FC(F)(F)c1cccc(-n2cccc2C2C(c3ccccn3)NC(=S)N2c2ccc3c(c2)OCO3)c1. The number of thiocarbonyl (C=S) groups is 1. The van der Waals surface area contributed by atoms with E-state index in [2.05, 4.69) is 10.3 Å². The Labute approximate surface area is 209 Å². The molecule has 4 heterocycles. The maximum absolute atomic E-state index is 13.5. The summed E-state index contributed by atoms with van der Waals surface area (Å²) < 4.78 is 53.2. The second kappa shape index (κ2) is 8.56. The summed E-state index contributed by atoms with van der Waals surface area (Å²) in [6.45, 7) is 0.139. The third-order valence-electron chi connectivity index (χ3n) is 6.27. The van der Waals surface area contributed by atoms with Crippen molar-refractivity contribution >= 4 is 23.0 Å². The van der Waals surface area contributed by atoms with E-state index in [0.717, 1.165) is 29.2 Å². The van der Waals surface area contributed by atoms with Crippen molar-refractivity contribution in [3.8, 4) is 17.2 Å². The number of nitrogens with zero attached hydrogens (tertiary/aromatic N) is 3. The van der Waals surface area contributed by atoms with E-state index in [9.17, 15) is 13.2 Å². The Hall–Kier alpha value is -4.05. The van der Waals surface area contributed by atoms with Crippen LogP contribution in [0.25, 0.3) is 5.69 Å². The first-order valence-corrected chi connectivity index (χ1v) is 11.6. The molecule has 2 unspecified atom stereocenters. The van der Waals surface area contributed by atoms with Crippen molar-refractivity contribution < 1.29 is 22.6 Å². The number of rotatable bonds is 4. The number of ether oxygens (including phenoxy) is 2. The molecule has 10 heteroatoms. The van der Waals surface area contributed by atoms with E-state index >= 15 is 0 Å². The summed E-state index contributed by atoms with van der Waals surface area (Å²) in [5.41, 5.74) is 1.94. The third-order valence-corrected chi connectivity index (χ3v) is 6.58. The summed E-state index contributed by atoms with van der Waals surface area (Å²) in [5, 5.41) is 3.83. The van der Waals surface area contributed by atoms with Gasteiger partial charge in [-0.25, -0.2) is 0 Å². The minimum atomic E-state index is -4.45. The standard InChI is InChI=1S/C26H19F3N4O2S/c27-26(28,29)16-5-3-6-17(13-16)32-12-4-8-20(32)24-23(19-7-1-2-11-30-19)31-25(36)33(24)18-9-10-21-22(14-18)35-15-34-21/h1-14,23-24H,15H2,(H,31,36). The van der Waals surface area contributed by atoms with Gasteiger partial charge >= 0.3 is 6.18 Å². The predicted molar refractivity (Wildman–Crippen MR) is 131 cm³/mol. The number of fused-ring (bicyclic) bond motifs is 1.